The van der Waals surface area contributed by atoms with Crippen molar-refractivity contribution in [2.45, 2.75) is 97.8 Å². The Kier molecular flexibility index (Phi) is 7.40. The standard InChI is InChI=1S/C51H53BN2/c1-32-27-45-47-46(28-32)54(35-17-13-12-14-18-35)44-31-40-39(50(8,9)37-19-15-16-20-38(37)51(40,10)11)30-42(44)52(47)41-29-34(49(5,6)7)23-26-43(41)53(45)36-24-21-33(22-25-36)48(2,3)4/h12-31H,1-11H3. The van der Waals surface area contributed by atoms with Crippen LogP contribution in [0.4, 0.5) is 34.1 Å². The molecular formula is C51H53BN2. The van der Waals surface area contributed by atoms with Crippen molar-refractivity contribution in [3.8, 4) is 0 Å². The molecule has 0 saturated heterocycles. The fourth-order valence-corrected chi connectivity index (χ4v) is 9.79. The Morgan fingerprint density at radius 2 is 0.926 bits per heavy atom. The molecule has 0 bridgehead atoms. The Morgan fingerprint density at radius 1 is 0.444 bits per heavy atom. The van der Waals surface area contributed by atoms with E-state index < -0.39 is 0 Å². The summed E-state index contributed by atoms with van der Waals surface area (Å²) in [6, 6.07) is 46.9. The van der Waals surface area contributed by atoms with Crippen LogP contribution in [-0.2, 0) is 21.7 Å². The van der Waals surface area contributed by atoms with Gasteiger partial charge in [0, 0.05) is 45.0 Å². The molecule has 2 nitrogen and oxygen atoms in total. The average Bonchev–Trinajstić information content (AvgIpc) is 3.13. The Balaban J connectivity index is 1.40. The predicted octanol–water partition coefficient (Wildman–Crippen LogP) is 11.6. The Labute approximate surface area is 324 Å². The topological polar surface area (TPSA) is 6.48 Å². The Bertz CT molecular complexity index is 2470. The molecule has 6 aromatic carbocycles. The number of fused-ring (bicyclic) bond motifs is 6. The molecule has 2 heterocycles. The van der Waals surface area contributed by atoms with Crippen molar-refractivity contribution in [2.75, 3.05) is 9.80 Å². The SMILES string of the molecule is Cc1cc2c3c(c1)N(c1ccccc1)c1cc4c(cc1B3c1cc(C(C)(C)C)ccc1N2c1ccc(C(C)(C)C)cc1)C(C)(C)c1ccccc1C4(C)C. The van der Waals surface area contributed by atoms with Crippen LogP contribution in [0.25, 0.3) is 0 Å². The van der Waals surface area contributed by atoms with Crippen molar-refractivity contribution in [1.29, 1.82) is 0 Å². The quantitative estimate of drug-likeness (QED) is 0.165. The van der Waals surface area contributed by atoms with Gasteiger partial charge in [-0.25, -0.2) is 0 Å². The molecule has 0 amide bonds. The normalized spacial score (nSPS) is 16.2. The van der Waals surface area contributed by atoms with E-state index in [0.717, 1.165) is 0 Å². The van der Waals surface area contributed by atoms with Gasteiger partial charge in [-0.15, -0.1) is 0 Å². The van der Waals surface area contributed by atoms with E-state index in [-0.39, 0.29) is 28.4 Å². The lowest BCUT2D eigenvalue weighted by Gasteiger charge is -2.48. The second-order valence-electron chi connectivity index (χ2n) is 19.2. The first-order valence-corrected chi connectivity index (χ1v) is 19.8. The lowest BCUT2D eigenvalue weighted by molar-refractivity contribution is 0.521. The molecule has 0 aromatic heterocycles. The zero-order valence-corrected chi connectivity index (χ0v) is 34.0. The molecule has 2 aliphatic heterocycles. The molecule has 270 valence electrons. The highest BCUT2D eigenvalue weighted by atomic mass is 15.2. The summed E-state index contributed by atoms with van der Waals surface area (Å²) >= 11 is 0. The summed E-state index contributed by atoms with van der Waals surface area (Å²) in [5, 5.41) is 0. The maximum Gasteiger partial charge on any atom is 0.252 e. The highest BCUT2D eigenvalue weighted by Crippen LogP contribution is 2.52. The largest absolute Gasteiger partial charge is 0.311 e. The van der Waals surface area contributed by atoms with E-state index in [1.54, 1.807) is 0 Å². The van der Waals surface area contributed by atoms with E-state index in [4.69, 9.17) is 0 Å². The zero-order chi connectivity index (χ0) is 38.1. The molecule has 0 radical (unpaired) electrons. The molecule has 3 aliphatic rings. The third-order valence-corrected chi connectivity index (χ3v) is 12.8. The van der Waals surface area contributed by atoms with Crippen LogP contribution in [0.3, 0.4) is 0 Å². The van der Waals surface area contributed by atoms with Gasteiger partial charge < -0.3 is 9.80 Å². The maximum absolute atomic E-state index is 2.62. The van der Waals surface area contributed by atoms with E-state index in [0.29, 0.717) is 0 Å². The third kappa shape index (κ3) is 5.00. The van der Waals surface area contributed by atoms with Crippen LogP contribution >= 0.6 is 0 Å². The zero-order valence-electron chi connectivity index (χ0n) is 34.0. The predicted molar refractivity (Wildman–Crippen MR) is 233 cm³/mol. The first-order valence-electron chi connectivity index (χ1n) is 19.8. The molecule has 9 rings (SSSR count). The van der Waals surface area contributed by atoms with Crippen molar-refractivity contribution in [3.63, 3.8) is 0 Å². The first kappa shape index (κ1) is 34.7. The second kappa shape index (κ2) is 11.5. The lowest BCUT2D eigenvalue weighted by atomic mass is 9.33. The first-order chi connectivity index (χ1) is 25.5. The fraction of sp³-hybridized carbons (Fsp3) is 0.294. The molecule has 0 fully saturated rings. The molecule has 0 unspecified atom stereocenters. The minimum Gasteiger partial charge on any atom is -0.311 e. The molecule has 0 spiro atoms. The van der Waals surface area contributed by atoms with Crippen molar-refractivity contribution in [1.82, 2.24) is 0 Å². The summed E-state index contributed by atoms with van der Waals surface area (Å²) in [6.45, 7) is 25.9. The van der Waals surface area contributed by atoms with E-state index in [2.05, 4.69) is 207 Å². The Hall–Kier alpha value is -5.02. The summed E-state index contributed by atoms with van der Waals surface area (Å²) in [6.07, 6.45) is 0. The highest BCUT2D eigenvalue weighted by molar-refractivity contribution is 7.00. The van der Waals surface area contributed by atoms with Crippen LogP contribution in [0.2, 0.25) is 0 Å². The minimum absolute atomic E-state index is 0.00372. The van der Waals surface area contributed by atoms with Gasteiger partial charge in [0.1, 0.15) is 0 Å². The van der Waals surface area contributed by atoms with Crippen molar-refractivity contribution in [3.05, 3.63) is 160 Å². The van der Waals surface area contributed by atoms with E-state index in [1.165, 1.54) is 89.5 Å². The number of aryl methyl sites for hydroxylation is 1. The van der Waals surface area contributed by atoms with E-state index >= 15 is 0 Å². The number of benzene rings is 6. The number of anilines is 6. The maximum atomic E-state index is 2.62. The molecule has 54 heavy (non-hydrogen) atoms. The van der Waals surface area contributed by atoms with Gasteiger partial charge in [0.15, 0.2) is 0 Å². The van der Waals surface area contributed by atoms with Gasteiger partial charge in [-0.05, 0) is 122 Å². The lowest BCUT2D eigenvalue weighted by Crippen LogP contribution is -2.62. The number of hydrogen-bond acceptors (Lipinski definition) is 2. The van der Waals surface area contributed by atoms with Gasteiger partial charge in [-0.1, -0.05) is 142 Å². The van der Waals surface area contributed by atoms with Gasteiger partial charge >= 0.3 is 0 Å². The van der Waals surface area contributed by atoms with E-state index in [9.17, 15) is 0 Å². The Morgan fingerprint density at radius 3 is 1.50 bits per heavy atom. The van der Waals surface area contributed by atoms with Crippen LogP contribution in [0, 0.1) is 6.92 Å². The van der Waals surface area contributed by atoms with Crippen LogP contribution < -0.4 is 26.2 Å². The highest BCUT2D eigenvalue weighted by Gasteiger charge is 2.48. The van der Waals surface area contributed by atoms with E-state index in [1.807, 2.05) is 0 Å². The van der Waals surface area contributed by atoms with Gasteiger partial charge in [0.2, 0.25) is 0 Å². The molecule has 1 aliphatic carbocycles. The molecular weight excluding hydrogens is 651 g/mol. The van der Waals surface area contributed by atoms with Crippen LogP contribution in [0.1, 0.15) is 108 Å². The summed E-state index contributed by atoms with van der Waals surface area (Å²) in [4.78, 5) is 5.12. The van der Waals surface area contributed by atoms with Crippen LogP contribution in [0.5, 0.6) is 0 Å². The molecule has 0 atom stereocenters. The molecule has 0 N–H and O–H groups in total. The fourth-order valence-electron chi connectivity index (χ4n) is 9.79. The molecule has 0 saturated carbocycles. The molecule has 3 heteroatoms. The van der Waals surface area contributed by atoms with Gasteiger partial charge in [0.25, 0.3) is 6.71 Å². The van der Waals surface area contributed by atoms with Crippen molar-refractivity contribution < 1.29 is 0 Å². The summed E-state index contributed by atoms with van der Waals surface area (Å²) in [5.74, 6) is 0. The number of rotatable bonds is 2. The van der Waals surface area contributed by atoms with Gasteiger partial charge in [-0.2, -0.15) is 0 Å². The number of nitrogens with zero attached hydrogens (tertiary/aromatic N) is 2. The summed E-state index contributed by atoms with van der Waals surface area (Å²) < 4.78 is 0. The van der Waals surface area contributed by atoms with Crippen LogP contribution in [-0.4, -0.2) is 6.71 Å². The number of para-hydroxylation sites is 1. The number of hydrogen-bond donors (Lipinski definition) is 0. The monoisotopic (exact) mass is 704 g/mol. The smallest absolute Gasteiger partial charge is 0.252 e. The molecule has 6 aromatic rings. The second-order valence-corrected chi connectivity index (χ2v) is 19.2. The average molecular weight is 705 g/mol. The van der Waals surface area contributed by atoms with Crippen molar-refractivity contribution >= 4 is 57.2 Å². The summed E-state index contributed by atoms with van der Waals surface area (Å²) in [5.41, 5.74) is 21.0. The van der Waals surface area contributed by atoms with Gasteiger partial charge in [0.05, 0.1) is 0 Å². The van der Waals surface area contributed by atoms with Gasteiger partial charge in [-0.3, -0.25) is 0 Å². The van der Waals surface area contributed by atoms with Crippen LogP contribution in [0.15, 0.2) is 121 Å². The minimum atomic E-state index is -0.157. The summed E-state index contributed by atoms with van der Waals surface area (Å²) in [7, 11) is 0. The third-order valence-electron chi connectivity index (χ3n) is 12.8. The van der Waals surface area contributed by atoms with Crippen molar-refractivity contribution in [2.24, 2.45) is 0 Å².